The van der Waals surface area contributed by atoms with Crippen LogP contribution in [-0.2, 0) is 9.59 Å². The van der Waals surface area contributed by atoms with E-state index in [0.29, 0.717) is 6.42 Å². The molecule has 4 aliphatic carbocycles. The molecule has 5 nitrogen and oxygen atoms in total. The number of rotatable bonds is 6. The van der Waals surface area contributed by atoms with Crippen molar-refractivity contribution < 1.29 is 14.0 Å². The van der Waals surface area contributed by atoms with Crippen molar-refractivity contribution in [3.05, 3.63) is 36.1 Å². The number of benzene rings is 1. The van der Waals surface area contributed by atoms with Crippen LogP contribution in [0, 0.1) is 23.2 Å². The van der Waals surface area contributed by atoms with Crippen LogP contribution in [0.1, 0.15) is 63.7 Å². The summed E-state index contributed by atoms with van der Waals surface area (Å²) >= 11 is 0. The van der Waals surface area contributed by atoms with Gasteiger partial charge >= 0.3 is 0 Å². The van der Waals surface area contributed by atoms with Crippen molar-refractivity contribution in [3.63, 3.8) is 0 Å². The molecular formula is C24H30N2O3. The fourth-order valence-corrected chi connectivity index (χ4v) is 6.67. The van der Waals surface area contributed by atoms with Gasteiger partial charge in [0.2, 0.25) is 11.8 Å². The number of carbonyl (C=O) groups is 2. The lowest BCUT2D eigenvalue weighted by Gasteiger charge is -2.56. The second-order valence-electron chi connectivity index (χ2n) is 9.85. The van der Waals surface area contributed by atoms with E-state index in [9.17, 15) is 9.59 Å². The molecule has 0 unspecified atom stereocenters. The van der Waals surface area contributed by atoms with Crippen LogP contribution in [0.5, 0.6) is 0 Å². The number of nitrogens with one attached hydrogen (secondary N) is 2. The van der Waals surface area contributed by atoms with Crippen LogP contribution in [0.4, 0.5) is 0 Å². The molecule has 0 radical (unpaired) electrons. The van der Waals surface area contributed by atoms with Gasteiger partial charge in [-0.15, -0.1) is 0 Å². The minimum Gasteiger partial charge on any atom is -0.459 e. The van der Waals surface area contributed by atoms with Gasteiger partial charge in [0.1, 0.15) is 11.3 Å². The Morgan fingerprint density at radius 3 is 2.38 bits per heavy atom. The predicted octanol–water partition coefficient (Wildman–Crippen LogP) is 4.33. The number of fused-ring (bicyclic) bond motifs is 1. The molecule has 154 valence electrons. The Morgan fingerprint density at radius 1 is 1.07 bits per heavy atom. The largest absolute Gasteiger partial charge is 0.459 e. The first-order chi connectivity index (χ1) is 14.0. The molecule has 0 aliphatic heterocycles. The molecule has 2 amide bonds. The van der Waals surface area contributed by atoms with E-state index < -0.39 is 0 Å². The molecule has 4 bridgehead atoms. The van der Waals surface area contributed by atoms with Gasteiger partial charge in [-0.3, -0.25) is 9.59 Å². The first-order valence-corrected chi connectivity index (χ1v) is 11.0. The third-order valence-electron chi connectivity index (χ3n) is 7.40. The van der Waals surface area contributed by atoms with Crippen LogP contribution >= 0.6 is 0 Å². The normalized spacial score (nSPS) is 31.0. The zero-order valence-electron chi connectivity index (χ0n) is 17.1. The quantitative estimate of drug-likeness (QED) is 0.766. The van der Waals surface area contributed by atoms with Crippen LogP contribution in [0.15, 0.2) is 34.7 Å². The Kier molecular flexibility index (Phi) is 4.64. The third kappa shape index (κ3) is 3.79. The van der Waals surface area contributed by atoms with E-state index in [-0.39, 0.29) is 29.8 Å². The van der Waals surface area contributed by atoms with Crippen LogP contribution in [0.3, 0.4) is 0 Å². The fraction of sp³-hybridized carbons (Fsp3) is 0.583. The smallest absolute Gasteiger partial charge is 0.239 e. The van der Waals surface area contributed by atoms with Gasteiger partial charge in [0, 0.05) is 11.8 Å². The zero-order chi connectivity index (χ0) is 20.0. The molecule has 1 aromatic heterocycles. The molecular weight excluding hydrogens is 364 g/mol. The Hall–Kier alpha value is -2.30. The fourth-order valence-electron chi connectivity index (χ4n) is 6.67. The minimum absolute atomic E-state index is 0.0236. The van der Waals surface area contributed by atoms with Crippen LogP contribution in [0.25, 0.3) is 11.0 Å². The second-order valence-corrected chi connectivity index (χ2v) is 9.85. The Balaban J connectivity index is 1.12. The van der Waals surface area contributed by atoms with Gasteiger partial charge in [-0.25, -0.2) is 0 Å². The number of hydrogen-bond donors (Lipinski definition) is 2. The SMILES string of the molecule is C[C@H](NC(=O)CNC(=O)CC12CC3CC(CC(C3)C1)C2)c1cc2ccccc2o1. The number of hydrogen-bond acceptors (Lipinski definition) is 3. The monoisotopic (exact) mass is 394 g/mol. The predicted molar refractivity (Wildman–Crippen MR) is 111 cm³/mol. The molecule has 2 aromatic rings. The van der Waals surface area contributed by atoms with Crippen molar-refractivity contribution in [2.75, 3.05) is 6.54 Å². The average Bonchev–Trinajstić information content (AvgIpc) is 3.09. The molecule has 0 saturated heterocycles. The Bertz CT molecular complexity index is 863. The highest BCUT2D eigenvalue weighted by Crippen LogP contribution is 2.61. The number of furan rings is 1. The number of amides is 2. The van der Waals surface area contributed by atoms with Crippen LogP contribution in [-0.4, -0.2) is 18.4 Å². The van der Waals surface area contributed by atoms with Gasteiger partial charge < -0.3 is 15.1 Å². The van der Waals surface area contributed by atoms with Crippen molar-refractivity contribution in [2.45, 2.75) is 57.9 Å². The summed E-state index contributed by atoms with van der Waals surface area (Å²) in [5.74, 6) is 3.07. The summed E-state index contributed by atoms with van der Waals surface area (Å²) in [6.07, 6.45) is 8.35. The van der Waals surface area contributed by atoms with E-state index in [1.165, 1.54) is 38.5 Å². The lowest BCUT2D eigenvalue weighted by Crippen LogP contribution is -2.48. The maximum Gasteiger partial charge on any atom is 0.239 e. The maximum absolute atomic E-state index is 12.6. The maximum atomic E-state index is 12.6. The van der Waals surface area contributed by atoms with E-state index in [1.54, 1.807) is 0 Å². The van der Waals surface area contributed by atoms with E-state index in [1.807, 2.05) is 37.3 Å². The highest BCUT2D eigenvalue weighted by Gasteiger charge is 2.51. The summed E-state index contributed by atoms with van der Waals surface area (Å²) in [5, 5.41) is 6.80. The summed E-state index contributed by atoms with van der Waals surface area (Å²) < 4.78 is 5.81. The lowest BCUT2D eigenvalue weighted by molar-refractivity contribution is -0.132. The molecule has 2 N–H and O–H groups in total. The molecule has 0 spiro atoms. The number of para-hydroxylation sites is 1. The highest BCUT2D eigenvalue weighted by atomic mass is 16.3. The topological polar surface area (TPSA) is 71.3 Å². The van der Waals surface area contributed by atoms with Gasteiger partial charge in [-0.05, 0) is 80.8 Å². The summed E-state index contributed by atoms with van der Waals surface area (Å²) in [4.78, 5) is 24.9. The van der Waals surface area contributed by atoms with Crippen LogP contribution < -0.4 is 10.6 Å². The second kappa shape index (κ2) is 7.19. The summed E-state index contributed by atoms with van der Waals surface area (Å²) in [6.45, 7) is 1.92. The molecule has 29 heavy (non-hydrogen) atoms. The van der Waals surface area contributed by atoms with Crippen molar-refractivity contribution >= 4 is 22.8 Å². The average molecular weight is 395 g/mol. The van der Waals surface area contributed by atoms with Gasteiger partial charge in [-0.2, -0.15) is 0 Å². The number of carbonyl (C=O) groups excluding carboxylic acids is 2. The Labute approximate surface area is 171 Å². The van der Waals surface area contributed by atoms with Gasteiger partial charge in [0.15, 0.2) is 0 Å². The van der Waals surface area contributed by atoms with E-state index >= 15 is 0 Å². The third-order valence-corrected chi connectivity index (χ3v) is 7.40. The molecule has 1 heterocycles. The minimum atomic E-state index is -0.241. The van der Waals surface area contributed by atoms with E-state index in [2.05, 4.69) is 10.6 Å². The molecule has 5 heteroatoms. The first-order valence-electron chi connectivity index (χ1n) is 11.0. The van der Waals surface area contributed by atoms with Crippen LogP contribution in [0.2, 0.25) is 0 Å². The van der Waals surface area contributed by atoms with E-state index in [0.717, 1.165) is 34.5 Å². The van der Waals surface area contributed by atoms with Crippen molar-refractivity contribution in [2.24, 2.45) is 23.2 Å². The van der Waals surface area contributed by atoms with Gasteiger partial charge in [0.25, 0.3) is 0 Å². The molecule has 1 aromatic carbocycles. The lowest BCUT2D eigenvalue weighted by atomic mass is 9.49. The first kappa shape index (κ1) is 18.7. The van der Waals surface area contributed by atoms with Gasteiger partial charge in [0.05, 0.1) is 12.6 Å². The molecule has 6 rings (SSSR count). The summed E-state index contributed by atoms with van der Waals surface area (Å²) in [7, 11) is 0. The van der Waals surface area contributed by atoms with Crippen molar-refractivity contribution in [1.29, 1.82) is 0 Å². The summed E-state index contributed by atoms with van der Waals surface area (Å²) in [5.41, 5.74) is 1.02. The Morgan fingerprint density at radius 2 is 1.72 bits per heavy atom. The van der Waals surface area contributed by atoms with E-state index in [4.69, 9.17) is 4.42 Å². The highest BCUT2D eigenvalue weighted by molar-refractivity contribution is 5.85. The molecule has 1 atom stereocenters. The van der Waals surface area contributed by atoms with Gasteiger partial charge in [-0.1, -0.05) is 18.2 Å². The molecule has 4 saturated carbocycles. The molecule has 4 aliphatic rings. The zero-order valence-corrected chi connectivity index (χ0v) is 17.1. The standard InChI is InChI=1S/C24H30N2O3/c1-15(21-9-19-4-2-3-5-20(19)29-21)26-23(28)14-25-22(27)13-24-10-16-6-17(11-24)8-18(7-16)12-24/h2-5,9,15-18H,6-8,10-14H2,1H3,(H,25,27)(H,26,28)/t15-,16?,17?,18?,24?/m0/s1. The molecule has 4 fully saturated rings. The van der Waals surface area contributed by atoms with Crippen molar-refractivity contribution in [3.8, 4) is 0 Å². The summed E-state index contributed by atoms with van der Waals surface area (Å²) in [6, 6.07) is 9.50. The van der Waals surface area contributed by atoms with Crippen molar-refractivity contribution in [1.82, 2.24) is 10.6 Å².